The van der Waals surface area contributed by atoms with E-state index in [1.165, 1.54) is 0 Å². The Morgan fingerprint density at radius 1 is 1.56 bits per heavy atom. The molecule has 0 aliphatic heterocycles. The number of rotatable bonds is 6. The topological polar surface area (TPSA) is 70.1 Å². The summed E-state index contributed by atoms with van der Waals surface area (Å²) < 4.78 is 13.3. The molecule has 16 heavy (non-hydrogen) atoms. The van der Waals surface area contributed by atoms with Crippen LogP contribution in [0.5, 0.6) is 0 Å². The lowest BCUT2D eigenvalue weighted by Crippen LogP contribution is -2.19. The predicted molar refractivity (Wildman–Crippen MR) is 60.9 cm³/mol. The fourth-order valence-electron chi connectivity index (χ4n) is 1.21. The van der Waals surface area contributed by atoms with Crippen LogP contribution in [0, 0.1) is 5.82 Å². The first-order valence-corrected chi connectivity index (χ1v) is 5.31. The Morgan fingerprint density at radius 2 is 2.31 bits per heavy atom. The van der Waals surface area contributed by atoms with Crippen molar-refractivity contribution in [2.45, 2.75) is 26.3 Å². The van der Waals surface area contributed by atoms with Gasteiger partial charge in [0.25, 0.3) is 0 Å². The molecular formula is C10H17FN4O. The molecule has 1 aromatic heterocycles. The van der Waals surface area contributed by atoms with E-state index in [0.29, 0.717) is 18.9 Å². The van der Waals surface area contributed by atoms with Gasteiger partial charge in [-0.2, -0.15) is 4.98 Å². The van der Waals surface area contributed by atoms with Crippen molar-refractivity contribution in [2.75, 3.05) is 23.8 Å². The number of halogens is 1. The van der Waals surface area contributed by atoms with Crippen LogP contribution in [0.4, 0.5) is 16.2 Å². The molecule has 0 amide bonds. The van der Waals surface area contributed by atoms with Crippen LogP contribution in [0.3, 0.4) is 0 Å². The SMILES string of the molecule is CCNc1ncc(F)c(NC(C)CCO)n1. The molecule has 1 atom stereocenters. The van der Waals surface area contributed by atoms with Crippen LogP contribution in [0.1, 0.15) is 20.3 Å². The van der Waals surface area contributed by atoms with Crippen molar-refractivity contribution in [3.63, 3.8) is 0 Å². The highest BCUT2D eigenvalue weighted by Gasteiger charge is 2.09. The molecule has 3 N–H and O–H groups in total. The summed E-state index contributed by atoms with van der Waals surface area (Å²) >= 11 is 0. The third kappa shape index (κ3) is 3.62. The van der Waals surface area contributed by atoms with Crippen molar-refractivity contribution >= 4 is 11.8 Å². The third-order valence-electron chi connectivity index (χ3n) is 2.02. The van der Waals surface area contributed by atoms with Gasteiger partial charge in [-0.3, -0.25) is 0 Å². The largest absolute Gasteiger partial charge is 0.396 e. The van der Waals surface area contributed by atoms with E-state index in [-0.39, 0.29) is 18.5 Å². The maximum Gasteiger partial charge on any atom is 0.224 e. The average molecular weight is 228 g/mol. The first-order chi connectivity index (χ1) is 7.67. The Bertz CT molecular complexity index is 335. The Morgan fingerprint density at radius 3 is 2.94 bits per heavy atom. The van der Waals surface area contributed by atoms with Gasteiger partial charge in [-0.25, -0.2) is 9.37 Å². The van der Waals surface area contributed by atoms with Gasteiger partial charge in [-0.15, -0.1) is 0 Å². The molecule has 0 aromatic carbocycles. The number of nitrogens with one attached hydrogen (secondary N) is 2. The van der Waals surface area contributed by atoms with Gasteiger partial charge < -0.3 is 15.7 Å². The van der Waals surface area contributed by atoms with Gasteiger partial charge in [0.1, 0.15) is 0 Å². The number of anilines is 2. The van der Waals surface area contributed by atoms with Gasteiger partial charge in [-0.05, 0) is 20.3 Å². The standard InChI is InChI=1S/C10H17FN4O/c1-3-12-10-13-6-8(11)9(15-10)14-7(2)4-5-16/h6-7,16H,3-5H2,1-2H3,(H2,12,13,14,15). The van der Waals surface area contributed by atoms with E-state index in [1.807, 2.05) is 13.8 Å². The zero-order valence-corrected chi connectivity index (χ0v) is 9.50. The van der Waals surface area contributed by atoms with E-state index in [9.17, 15) is 4.39 Å². The zero-order valence-electron chi connectivity index (χ0n) is 9.50. The quantitative estimate of drug-likeness (QED) is 0.683. The molecule has 0 saturated carbocycles. The van der Waals surface area contributed by atoms with E-state index in [0.717, 1.165) is 6.20 Å². The molecule has 0 saturated heterocycles. The molecule has 0 aliphatic rings. The molecule has 0 aliphatic carbocycles. The van der Waals surface area contributed by atoms with Crippen LogP contribution in [0.25, 0.3) is 0 Å². The molecule has 6 heteroatoms. The van der Waals surface area contributed by atoms with Crippen LogP contribution in [-0.2, 0) is 0 Å². The summed E-state index contributed by atoms with van der Waals surface area (Å²) in [6.07, 6.45) is 1.67. The Kier molecular flexibility index (Phi) is 4.91. The summed E-state index contributed by atoms with van der Waals surface area (Å²) in [6.45, 7) is 4.50. The molecule has 90 valence electrons. The minimum atomic E-state index is -0.494. The van der Waals surface area contributed by atoms with Gasteiger partial charge in [-0.1, -0.05) is 0 Å². The molecule has 0 fully saturated rings. The highest BCUT2D eigenvalue weighted by atomic mass is 19.1. The second-order valence-electron chi connectivity index (χ2n) is 3.48. The minimum absolute atomic E-state index is 0.0381. The first kappa shape index (κ1) is 12.6. The highest BCUT2D eigenvalue weighted by Crippen LogP contribution is 2.13. The Labute approximate surface area is 94.1 Å². The second kappa shape index (κ2) is 6.22. The van der Waals surface area contributed by atoms with Crippen LogP contribution < -0.4 is 10.6 Å². The monoisotopic (exact) mass is 228 g/mol. The van der Waals surface area contributed by atoms with Gasteiger partial charge in [0.2, 0.25) is 5.95 Å². The zero-order chi connectivity index (χ0) is 12.0. The molecule has 5 nitrogen and oxygen atoms in total. The number of hydrogen-bond acceptors (Lipinski definition) is 5. The van der Waals surface area contributed by atoms with E-state index >= 15 is 0 Å². The van der Waals surface area contributed by atoms with Crippen molar-refractivity contribution < 1.29 is 9.50 Å². The number of hydrogen-bond donors (Lipinski definition) is 3. The summed E-state index contributed by atoms with van der Waals surface area (Å²) in [5.74, 6) is 0.0564. The maximum atomic E-state index is 13.3. The first-order valence-electron chi connectivity index (χ1n) is 5.31. The molecule has 1 unspecified atom stereocenters. The Hall–Kier alpha value is -1.43. The summed E-state index contributed by atoms with van der Waals surface area (Å²) in [6, 6.07) is -0.0381. The van der Waals surface area contributed by atoms with Gasteiger partial charge in [0, 0.05) is 19.2 Å². The smallest absolute Gasteiger partial charge is 0.224 e. The fraction of sp³-hybridized carbons (Fsp3) is 0.600. The van der Waals surface area contributed by atoms with Crippen molar-refractivity contribution in [1.82, 2.24) is 9.97 Å². The summed E-state index contributed by atoms with van der Waals surface area (Å²) in [7, 11) is 0. The van der Waals surface area contributed by atoms with Crippen LogP contribution >= 0.6 is 0 Å². The number of aromatic nitrogens is 2. The third-order valence-corrected chi connectivity index (χ3v) is 2.02. The van der Waals surface area contributed by atoms with Crippen LogP contribution in [0.15, 0.2) is 6.20 Å². The van der Waals surface area contributed by atoms with Crippen molar-refractivity contribution in [1.29, 1.82) is 0 Å². The van der Waals surface area contributed by atoms with Crippen LogP contribution in [0.2, 0.25) is 0 Å². The number of aliphatic hydroxyl groups excluding tert-OH is 1. The fourth-order valence-corrected chi connectivity index (χ4v) is 1.21. The van der Waals surface area contributed by atoms with E-state index in [2.05, 4.69) is 20.6 Å². The summed E-state index contributed by atoms with van der Waals surface area (Å²) in [5, 5.41) is 14.5. The number of aliphatic hydroxyl groups is 1. The van der Waals surface area contributed by atoms with E-state index < -0.39 is 5.82 Å². The molecule has 0 spiro atoms. The molecule has 0 bridgehead atoms. The van der Waals surface area contributed by atoms with Crippen molar-refractivity contribution in [3.8, 4) is 0 Å². The van der Waals surface area contributed by atoms with Crippen molar-refractivity contribution in [2.24, 2.45) is 0 Å². The number of nitrogens with zero attached hydrogens (tertiary/aromatic N) is 2. The van der Waals surface area contributed by atoms with E-state index in [1.54, 1.807) is 0 Å². The molecular weight excluding hydrogens is 211 g/mol. The highest BCUT2D eigenvalue weighted by molar-refractivity contribution is 5.41. The van der Waals surface area contributed by atoms with Gasteiger partial charge in [0.15, 0.2) is 11.6 Å². The van der Waals surface area contributed by atoms with E-state index in [4.69, 9.17) is 5.11 Å². The van der Waals surface area contributed by atoms with Gasteiger partial charge in [0.05, 0.1) is 6.20 Å². The van der Waals surface area contributed by atoms with Crippen molar-refractivity contribution in [3.05, 3.63) is 12.0 Å². The van der Waals surface area contributed by atoms with Crippen LogP contribution in [-0.4, -0.2) is 34.3 Å². The minimum Gasteiger partial charge on any atom is -0.396 e. The predicted octanol–water partition coefficient (Wildman–Crippen LogP) is 1.23. The average Bonchev–Trinajstić information content (AvgIpc) is 2.24. The molecule has 1 heterocycles. The molecule has 1 aromatic rings. The maximum absolute atomic E-state index is 13.3. The summed E-state index contributed by atoms with van der Waals surface area (Å²) in [4.78, 5) is 7.79. The van der Waals surface area contributed by atoms with Gasteiger partial charge >= 0.3 is 0 Å². The lowest BCUT2D eigenvalue weighted by Gasteiger charge is -2.14. The lowest BCUT2D eigenvalue weighted by atomic mass is 10.2. The summed E-state index contributed by atoms with van der Waals surface area (Å²) in [5.41, 5.74) is 0. The molecule has 1 rings (SSSR count). The lowest BCUT2D eigenvalue weighted by molar-refractivity contribution is 0.282. The Balaban J connectivity index is 2.73. The second-order valence-corrected chi connectivity index (χ2v) is 3.48. The normalized spacial score (nSPS) is 12.2. The molecule has 0 radical (unpaired) electrons.